The Bertz CT molecular complexity index is 488. The molecule has 1 aliphatic heterocycles. The van der Waals surface area contributed by atoms with E-state index in [1.807, 2.05) is 0 Å². The number of aromatic nitrogens is 1. The Balaban J connectivity index is 2.40. The average Bonchev–Trinajstić information content (AvgIpc) is 2.34. The topological polar surface area (TPSA) is 66.0 Å². The number of piperidine rings is 1. The first-order chi connectivity index (χ1) is 8.91. The van der Waals surface area contributed by atoms with E-state index in [1.54, 1.807) is 12.3 Å². The van der Waals surface area contributed by atoms with Crippen molar-refractivity contribution in [2.24, 2.45) is 17.6 Å². The molecule has 0 saturated carbocycles. The van der Waals surface area contributed by atoms with E-state index in [2.05, 4.69) is 30.7 Å². The minimum Gasteiger partial charge on any atom is -0.384 e. The molecule has 104 valence electrons. The Kier molecular flexibility index (Phi) is 3.99. The molecule has 4 nitrogen and oxygen atoms in total. The van der Waals surface area contributed by atoms with Crippen molar-refractivity contribution in [1.82, 2.24) is 4.98 Å². The first kappa shape index (κ1) is 14.1. The average molecular weight is 281 g/mol. The molecule has 1 aromatic heterocycles. The molecular weight excluding hydrogens is 260 g/mol. The van der Waals surface area contributed by atoms with Gasteiger partial charge in [0.05, 0.1) is 5.02 Å². The minimum atomic E-state index is -0.0144. The monoisotopic (exact) mass is 280 g/mol. The summed E-state index contributed by atoms with van der Waals surface area (Å²) in [6.45, 7) is 7.66. The van der Waals surface area contributed by atoms with Crippen LogP contribution in [0.1, 0.15) is 32.8 Å². The van der Waals surface area contributed by atoms with Crippen LogP contribution in [0, 0.1) is 17.2 Å². The van der Waals surface area contributed by atoms with Crippen LogP contribution in [0.15, 0.2) is 12.3 Å². The number of nitrogens with zero attached hydrogens (tertiary/aromatic N) is 2. The predicted molar refractivity (Wildman–Crippen MR) is 80.0 cm³/mol. The number of hydrogen-bond acceptors (Lipinski definition) is 3. The van der Waals surface area contributed by atoms with Crippen LogP contribution in [0.5, 0.6) is 0 Å². The first-order valence-electron chi connectivity index (χ1n) is 6.67. The van der Waals surface area contributed by atoms with E-state index in [0.717, 1.165) is 12.4 Å². The van der Waals surface area contributed by atoms with E-state index in [-0.39, 0.29) is 5.84 Å². The third-order valence-corrected chi connectivity index (χ3v) is 4.40. The lowest BCUT2D eigenvalue weighted by Gasteiger charge is -2.42. The van der Waals surface area contributed by atoms with Crippen molar-refractivity contribution in [2.75, 3.05) is 11.4 Å². The number of nitrogens with two attached hydrogens (primary N) is 1. The van der Waals surface area contributed by atoms with Crippen molar-refractivity contribution in [3.05, 3.63) is 22.8 Å². The molecule has 5 heteroatoms. The molecule has 3 unspecified atom stereocenters. The van der Waals surface area contributed by atoms with Gasteiger partial charge in [0.15, 0.2) is 0 Å². The van der Waals surface area contributed by atoms with Crippen LogP contribution >= 0.6 is 11.6 Å². The highest BCUT2D eigenvalue weighted by Crippen LogP contribution is 2.34. The summed E-state index contributed by atoms with van der Waals surface area (Å²) in [4.78, 5) is 6.65. The summed E-state index contributed by atoms with van der Waals surface area (Å²) in [6.07, 6.45) is 2.90. The molecule has 2 rings (SSSR count). The maximum absolute atomic E-state index is 7.56. The molecule has 2 heterocycles. The number of amidine groups is 1. The molecule has 0 spiro atoms. The molecular formula is C14H21ClN4. The largest absolute Gasteiger partial charge is 0.384 e. The Morgan fingerprint density at radius 2 is 2.16 bits per heavy atom. The van der Waals surface area contributed by atoms with E-state index in [4.69, 9.17) is 22.7 Å². The molecule has 0 aromatic carbocycles. The molecule has 0 aliphatic carbocycles. The molecule has 1 aromatic rings. The highest BCUT2D eigenvalue weighted by Gasteiger charge is 2.31. The van der Waals surface area contributed by atoms with Gasteiger partial charge < -0.3 is 10.6 Å². The summed E-state index contributed by atoms with van der Waals surface area (Å²) in [6, 6.07) is 2.08. The fraction of sp³-hybridized carbons (Fsp3) is 0.571. The van der Waals surface area contributed by atoms with Gasteiger partial charge in [0.2, 0.25) is 0 Å². The zero-order valence-electron chi connectivity index (χ0n) is 11.7. The van der Waals surface area contributed by atoms with Crippen LogP contribution in [0.4, 0.5) is 5.82 Å². The zero-order chi connectivity index (χ0) is 14.2. The minimum absolute atomic E-state index is 0.0144. The fourth-order valence-electron chi connectivity index (χ4n) is 2.84. The molecule has 0 amide bonds. The van der Waals surface area contributed by atoms with Gasteiger partial charge in [0.25, 0.3) is 0 Å². The number of halogens is 1. The molecule has 3 atom stereocenters. The molecule has 0 radical (unpaired) electrons. The Hall–Kier alpha value is -1.29. The second-order valence-corrected chi connectivity index (χ2v) is 6.00. The van der Waals surface area contributed by atoms with Gasteiger partial charge in [-0.2, -0.15) is 0 Å². The summed E-state index contributed by atoms with van der Waals surface area (Å²) < 4.78 is 0. The third kappa shape index (κ3) is 2.68. The van der Waals surface area contributed by atoms with Gasteiger partial charge in [-0.1, -0.05) is 25.4 Å². The predicted octanol–water partition coefficient (Wildman–Crippen LogP) is 2.89. The second kappa shape index (κ2) is 5.37. The van der Waals surface area contributed by atoms with Gasteiger partial charge >= 0.3 is 0 Å². The number of nitrogens with one attached hydrogen (secondary N) is 1. The highest BCUT2D eigenvalue weighted by atomic mass is 35.5. The summed E-state index contributed by atoms with van der Waals surface area (Å²) in [5, 5.41) is 8.05. The van der Waals surface area contributed by atoms with E-state index in [9.17, 15) is 0 Å². The quantitative estimate of drug-likeness (QED) is 0.647. The lowest BCUT2D eigenvalue weighted by Crippen LogP contribution is -2.46. The normalized spacial score (nSPS) is 27.4. The standard InChI is InChI=1S/C14H21ClN4/c1-8-6-9(2)10(3)19(7-8)14-12(15)11(13(16)17)4-5-18-14/h4-5,8-10H,6-7H2,1-3H3,(H3,16,17). The number of anilines is 1. The molecule has 3 N–H and O–H groups in total. The van der Waals surface area contributed by atoms with Crippen LogP contribution in [0.25, 0.3) is 0 Å². The van der Waals surface area contributed by atoms with E-state index >= 15 is 0 Å². The number of hydrogen-bond donors (Lipinski definition) is 2. The molecule has 1 fully saturated rings. The summed E-state index contributed by atoms with van der Waals surface area (Å²) in [7, 11) is 0. The van der Waals surface area contributed by atoms with Gasteiger partial charge in [-0.3, -0.25) is 5.41 Å². The maximum atomic E-state index is 7.56. The van der Waals surface area contributed by atoms with Gasteiger partial charge in [-0.05, 0) is 31.2 Å². The lowest BCUT2D eigenvalue weighted by molar-refractivity contribution is 0.295. The van der Waals surface area contributed by atoms with E-state index in [1.165, 1.54) is 6.42 Å². The third-order valence-electron chi connectivity index (χ3n) is 4.03. The van der Waals surface area contributed by atoms with Crippen LogP contribution in [0.2, 0.25) is 5.02 Å². The van der Waals surface area contributed by atoms with Crippen LogP contribution in [-0.4, -0.2) is 23.4 Å². The van der Waals surface area contributed by atoms with E-state index in [0.29, 0.717) is 28.5 Å². The molecule has 1 aliphatic rings. The summed E-state index contributed by atoms with van der Waals surface area (Å²) >= 11 is 6.37. The number of pyridine rings is 1. The Morgan fingerprint density at radius 1 is 1.47 bits per heavy atom. The SMILES string of the molecule is CC1CC(C)C(C)N(c2nccc(C(=N)N)c2Cl)C1. The second-order valence-electron chi connectivity index (χ2n) is 5.62. The molecule has 19 heavy (non-hydrogen) atoms. The fourth-order valence-corrected chi connectivity index (χ4v) is 3.16. The van der Waals surface area contributed by atoms with Gasteiger partial charge in [0, 0.05) is 24.3 Å². The zero-order valence-corrected chi connectivity index (χ0v) is 12.4. The molecule has 0 bridgehead atoms. The van der Waals surface area contributed by atoms with Crippen LogP contribution in [0.3, 0.4) is 0 Å². The van der Waals surface area contributed by atoms with Gasteiger partial charge in [-0.25, -0.2) is 4.98 Å². The van der Waals surface area contributed by atoms with Crippen molar-refractivity contribution in [3.63, 3.8) is 0 Å². The highest BCUT2D eigenvalue weighted by molar-refractivity contribution is 6.36. The Morgan fingerprint density at radius 3 is 2.79 bits per heavy atom. The lowest BCUT2D eigenvalue weighted by atomic mass is 9.86. The number of nitrogen functional groups attached to an aromatic ring is 1. The van der Waals surface area contributed by atoms with Crippen molar-refractivity contribution in [3.8, 4) is 0 Å². The van der Waals surface area contributed by atoms with Crippen molar-refractivity contribution >= 4 is 23.3 Å². The molecule has 1 saturated heterocycles. The van der Waals surface area contributed by atoms with Crippen LogP contribution in [-0.2, 0) is 0 Å². The van der Waals surface area contributed by atoms with Crippen LogP contribution < -0.4 is 10.6 Å². The van der Waals surface area contributed by atoms with Gasteiger partial charge in [-0.15, -0.1) is 0 Å². The van der Waals surface area contributed by atoms with Crippen molar-refractivity contribution < 1.29 is 0 Å². The Labute approximate surface area is 119 Å². The van der Waals surface area contributed by atoms with Crippen molar-refractivity contribution in [1.29, 1.82) is 5.41 Å². The summed E-state index contributed by atoms with van der Waals surface area (Å²) in [5.41, 5.74) is 6.11. The number of rotatable bonds is 2. The smallest absolute Gasteiger partial charge is 0.148 e. The first-order valence-corrected chi connectivity index (χ1v) is 7.05. The maximum Gasteiger partial charge on any atom is 0.148 e. The summed E-state index contributed by atoms with van der Waals surface area (Å²) in [5.74, 6) is 1.95. The van der Waals surface area contributed by atoms with E-state index < -0.39 is 0 Å². The van der Waals surface area contributed by atoms with Crippen molar-refractivity contribution in [2.45, 2.75) is 33.2 Å². The van der Waals surface area contributed by atoms with Gasteiger partial charge in [0.1, 0.15) is 11.7 Å².